The summed E-state index contributed by atoms with van der Waals surface area (Å²) in [6, 6.07) is 13.8. The standard InChI is InChI=1S/C22H22ClN3O4/c23-16-9-7-14(8-10-16)21(28)25-11-3-4-15(12-25)22(29)26-13-19(20(24)27)30-18-6-2-1-5-17(18)26/h1-2,5-10,15,19H,3-4,11-13H2,(H2,24,27)/t15-,19-/m0/s1. The van der Waals surface area contributed by atoms with E-state index in [1.54, 1.807) is 52.3 Å². The van der Waals surface area contributed by atoms with Crippen molar-refractivity contribution in [3.63, 3.8) is 0 Å². The lowest BCUT2D eigenvalue weighted by Crippen LogP contribution is -2.53. The van der Waals surface area contributed by atoms with Crippen molar-refractivity contribution < 1.29 is 19.1 Å². The van der Waals surface area contributed by atoms with Gasteiger partial charge in [0.15, 0.2) is 6.10 Å². The Bertz CT molecular complexity index is 979. The van der Waals surface area contributed by atoms with Crippen molar-refractivity contribution in [2.24, 2.45) is 11.7 Å². The van der Waals surface area contributed by atoms with Crippen LogP contribution >= 0.6 is 11.6 Å². The maximum atomic E-state index is 13.4. The Labute approximate surface area is 179 Å². The van der Waals surface area contributed by atoms with E-state index in [4.69, 9.17) is 22.1 Å². The summed E-state index contributed by atoms with van der Waals surface area (Å²) in [6.45, 7) is 0.975. The third-order valence-electron chi connectivity index (χ3n) is 5.51. The van der Waals surface area contributed by atoms with Crippen LogP contribution in [0.25, 0.3) is 0 Å². The van der Waals surface area contributed by atoms with E-state index in [0.29, 0.717) is 41.5 Å². The largest absolute Gasteiger partial charge is 0.477 e. The number of amides is 3. The van der Waals surface area contributed by atoms with Crippen LogP contribution in [0.3, 0.4) is 0 Å². The van der Waals surface area contributed by atoms with E-state index in [1.807, 2.05) is 6.07 Å². The molecule has 30 heavy (non-hydrogen) atoms. The van der Waals surface area contributed by atoms with Gasteiger partial charge in [0, 0.05) is 23.7 Å². The number of nitrogens with zero attached hydrogens (tertiary/aromatic N) is 2. The second-order valence-corrected chi connectivity index (χ2v) is 7.96. The van der Waals surface area contributed by atoms with Crippen molar-refractivity contribution >= 4 is 35.0 Å². The summed E-state index contributed by atoms with van der Waals surface area (Å²) in [5.41, 5.74) is 6.59. The third kappa shape index (κ3) is 3.98. The summed E-state index contributed by atoms with van der Waals surface area (Å²) in [6.07, 6.45) is 0.490. The Morgan fingerprint density at radius 2 is 1.77 bits per heavy atom. The zero-order valence-corrected chi connectivity index (χ0v) is 17.0. The van der Waals surface area contributed by atoms with Gasteiger partial charge in [-0.1, -0.05) is 23.7 Å². The molecular formula is C22H22ClN3O4. The number of ether oxygens (including phenoxy) is 1. The van der Waals surface area contributed by atoms with E-state index < -0.39 is 12.0 Å². The number of rotatable bonds is 3. The van der Waals surface area contributed by atoms with Crippen LogP contribution in [0.5, 0.6) is 5.75 Å². The summed E-state index contributed by atoms with van der Waals surface area (Å²) < 4.78 is 5.64. The van der Waals surface area contributed by atoms with Crippen LogP contribution < -0.4 is 15.4 Å². The molecule has 2 N–H and O–H groups in total. The first-order valence-corrected chi connectivity index (χ1v) is 10.2. The highest BCUT2D eigenvalue weighted by Crippen LogP contribution is 2.35. The molecule has 0 spiro atoms. The van der Waals surface area contributed by atoms with Gasteiger partial charge in [-0.3, -0.25) is 14.4 Å². The second-order valence-electron chi connectivity index (χ2n) is 7.52. The van der Waals surface area contributed by atoms with Crippen LogP contribution in [-0.2, 0) is 9.59 Å². The fourth-order valence-corrected chi connectivity index (χ4v) is 4.08. The molecule has 8 heteroatoms. The Hall–Kier alpha value is -3.06. The molecule has 2 heterocycles. The van der Waals surface area contributed by atoms with Crippen molar-refractivity contribution in [2.75, 3.05) is 24.5 Å². The van der Waals surface area contributed by atoms with Crippen molar-refractivity contribution in [1.29, 1.82) is 0 Å². The minimum absolute atomic E-state index is 0.0623. The highest BCUT2D eigenvalue weighted by atomic mass is 35.5. The molecule has 1 saturated heterocycles. The molecular weight excluding hydrogens is 406 g/mol. The molecule has 0 unspecified atom stereocenters. The van der Waals surface area contributed by atoms with Gasteiger partial charge in [0.25, 0.3) is 11.8 Å². The van der Waals surface area contributed by atoms with Crippen LogP contribution in [0.4, 0.5) is 5.69 Å². The molecule has 2 atom stereocenters. The van der Waals surface area contributed by atoms with Crippen molar-refractivity contribution in [3.05, 3.63) is 59.1 Å². The lowest BCUT2D eigenvalue weighted by Gasteiger charge is -2.38. The first-order chi connectivity index (χ1) is 14.4. The molecule has 0 radical (unpaired) electrons. The van der Waals surface area contributed by atoms with E-state index in [1.165, 1.54) is 0 Å². The van der Waals surface area contributed by atoms with E-state index in [9.17, 15) is 14.4 Å². The van der Waals surface area contributed by atoms with Crippen LogP contribution in [0.1, 0.15) is 23.2 Å². The predicted octanol–water partition coefficient (Wildman–Crippen LogP) is 2.47. The lowest BCUT2D eigenvalue weighted by molar-refractivity contribution is -0.126. The van der Waals surface area contributed by atoms with Gasteiger partial charge >= 0.3 is 0 Å². The molecule has 2 aliphatic rings. The zero-order chi connectivity index (χ0) is 21.3. The number of carbonyl (C=O) groups is 3. The first kappa shape index (κ1) is 20.2. The summed E-state index contributed by atoms with van der Waals surface area (Å²) in [4.78, 5) is 41.3. The molecule has 3 amide bonds. The number of primary amides is 1. The average molecular weight is 428 g/mol. The highest BCUT2D eigenvalue weighted by molar-refractivity contribution is 6.30. The maximum absolute atomic E-state index is 13.4. The topological polar surface area (TPSA) is 92.9 Å². The highest BCUT2D eigenvalue weighted by Gasteiger charge is 2.37. The fraction of sp³-hybridized carbons (Fsp3) is 0.318. The molecule has 156 valence electrons. The molecule has 2 aliphatic heterocycles. The quantitative estimate of drug-likeness (QED) is 0.814. The number of para-hydroxylation sites is 2. The van der Waals surface area contributed by atoms with Gasteiger partial charge in [-0.25, -0.2) is 0 Å². The molecule has 0 saturated carbocycles. The Morgan fingerprint density at radius 3 is 2.50 bits per heavy atom. The Kier molecular flexibility index (Phi) is 5.63. The average Bonchev–Trinajstić information content (AvgIpc) is 2.78. The Morgan fingerprint density at radius 1 is 1.03 bits per heavy atom. The van der Waals surface area contributed by atoms with Crippen molar-refractivity contribution in [2.45, 2.75) is 18.9 Å². The van der Waals surface area contributed by atoms with Gasteiger partial charge in [-0.2, -0.15) is 0 Å². The minimum atomic E-state index is -0.903. The molecule has 0 bridgehead atoms. The molecule has 4 rings (SSSR count). The molecule has 1 fully saturated rings. The third-order valence-corrected chi connectivity index (χ3v) is 5.76. The fourth-order valence-electron chi connectivity index (χ4n) is 3.95. The molecule has 2 aromatic rings. The molecule has 2 aromatic carbocycles. The van der Waals surface area contributed by atoms with E-state index in [-0.39, 0.29) is 24.3 Å². The monoisotopic (exact) mass is 427 g/mol. The van der Waals surface area contributed by atoms with Crippen molar-refractivity contribution in [3.8, 4) is 5.75 Å². The van der Waals surface area contributed by atoms with Crippen LogP contribution in [0.15, 0.2) is 48.5 Å². The number of halogens is 1. The Balaban J connectivity index is 1.53. The number of benzene rings is 2. The first-order valence-electron chi connectivity index (χ1n) is 9.85. The summed E-state index contributed by atoms with van der Waals surface area (Å²) in [7, 11) is 0. The van der Waals surface area contributed by atoms with Gasteiger partial charge in [0.1, 0.15) is 5.75 Å². The summed E-state index contributed by atoms with van der Waals surface area (Å²) in [5.74, 6) is -0.793. The summed E-state index contributed by atoms with van der Waals surface area (Å²) in [5, 5.41) is 0.563. The van der Waals surface area contributed by atoms with Gasteiger partial charge in [0.05, 0.1) is 18.2 Å². The van der Waals surface area contributed by atoms with Crippen LogP contribution in [0.2, 0.25) is 5.02 Å². The molecule has 0 aromatic heterocycles. The van der Waals surface area contributed by atoms with Gasteiger partial charge < -0.3 is 20.3 Å². The SMILES string of the molecule is NC(=O)[C@@H]1CN(C(=O)[C@H]2CCCN(C(=O)c3ccc(Cl)cc3)C2)c2ccccc2O1. The normalized spacial score (nSPS) is 20.8. The van der Waals surface area contributed by atoms with Gasteiger partial charge in [-0.15, -0.1) is 0 Å². The number of hydrogen-bond acceptors (Lipinski definition) is 4. The zero-order valence-electron chi connectivity index (χ0n) is 16.3. The number of likely N-dealkylation sites (tertiary alicyclic amines) is 1. The van der Waals surface area contributed by atoms with E-state index in [0.717, 1.165) is 6.42 Å². The smallest absolute Gasteiger partial charge is 0.260 e. The second kappa shape index (κ2) is 8.36. The number of nitrogens with two attached hydrogens (primary N) is 1. The number of anilines is 1. The van der Waals surface area contributed by atoms with E-state index in [2.05, 4.69) is 0 Å². The van der Waals surface area contributed by atoms with Crippen LogP contribution in [0, 0.1) is 5.92 Å². The maximum Gasteiger partial charge on any atom is 0.260 e. The number of piperidine rings is 1. The molecule has 0 aliphatic carbocycles. The number of fused-ring (bicyclic) bond motifs is 1. The minimum Gasteiger partial charge on any atom is -0.477 e. The number of hydrogen-bond donors (Lipinski definition) is 1. The predicted molar refractivity (Wildman–Crippen MR) is 112 cm³/mol. The van der Waals surface area contributed by atoms with Crippen LogP contribution in [-0.4, -0.2) is 48.4 Å². The van der Waals surface area contributed by atoms with E-state index >= 15 is 0 Å². The number of carbonyl (C=O) groups excluding carboxylic acids is 3. The van der Waals surface area contributed by atoms with Gasteiger partial charge in [0.2, 0.25) is 5.91 Å². The molecule has 7 nitrogen and oxygen atoms in total. The van der Waals surface area contributed by atoms with Gasteiger partial charge in [-0.05, 0) is 49.2 Å². The summed E-state index contributed by atoms with van der Waals surface area (Å²) >= 11 is 5.91. The van der Waals surface area contributed by atoms with Crippen molar-refractivity contribution in [1.82, 2.24) is 4.90 Å². The lowest BCUT2D eigenvalue weighted by atomic mass is 9.95.